The van der Waals surface area contributed by atoms with Crippen molar-refractivity contribution in [3.63, 3.8) is 0 Å². The second kappa shape index (κ2) is 14.5. The second-order valence-electron chi connectivity index (χ2n) is 12.1. The number of carbonyl (C=O) groups excluding carboxylic acids is 2. The molecule has 1 fully saturated rings. The lowest BCUT2D eigenvalue weighted by atomic mass is 9.97. The first-order chi connectivity index (χ1) is 22.2. The van der Waals surface area contributed by atoms with Gasteiger partial charge in [0.15, 0.2) is 0 Å². The smallest absolute Gasteiger partial charge is 0.277 e. The zero-order valence-electron chi connectivity index (χ0n) is 26.5. The van der Waals surface area contributed by atoms with Gasteiger partial charge in [-0.25, -0.2) is 8.78 Å². The van der Waals surface area contributed by atoms with E-state index in [2.05, 4.69) is 24.3 Å². The number of amides is 2. The molecule has 9 heteroatoms. The fraction of sp³-hybridized carbons (Fsp3) is 0.263. The third kappa shape index (κ3) is 7.39. The number of fused-ring (bicyclic) bond motifs is 1. The molecule has 2 aliphatic rings. The summed E-state index contributed by atoms with van der Waals surface area (Å²) in [4.78, 5) is 32.7. The number of alkyl halides is 2. The topological polar surface area (TPSA) is 55.9 Å². The molecule has 2 heterocycles. The number of rotatable bonds is 6. The molecule has 2 amide bonds. The van der Waals surface area contributed by atoms with Crippen LogP contribution in [-0.2, 0) is 0 Å². The van der Waals surface area contributed by atoms with Gasteiger partial charge in [-0.2, -0.15) is 0 Å². The number of allylic oxidation sites excluding steroid dienone is 1. The Morgan fingerprint density at radius 2 is 1.43 bits per heavy atom. The van der Waals surface area contributed by atoms with E-state index in [4.69, 9.17) is 0 Å². The van der Waals surface area contributed by atoms with Gasteiger partial charge in [-0.05, 0) is 74.5 Å². The molecule has 0 atom stereocenters. The van der Waals surface area contributed by atoms with Crippen LogP contribution in [0.15, 0.2) is 109 Å². The van der Waals surface area contributed by atoms with Crippen LogP contribution >= 0.6 is 12.4 Å². The first-order valence-corrected chi connectivity index (χ1v) is 15.7. The standard InChI is InChI=1S/C38H38F2N4O2.ClH/c1-42(2)30-20-23-43(24-21-30)26-34-33-14-8-9-15-35(33)44(25-22-38(34,39)40)37(46)28-16-18-29(19-17-28)41-36(45)32-13-7-6-12-31(32)27-10-4-3-5-11-27;/h3-19,26,30H,20-25H2,1-2H3,(H,41,45);1H/b34-26-;. The molecule has 0 saturated carbocycles. The number of hydrogen-bond acceptors (Lipinski definition) is 4. The Morgan fingerprint density at radius 1 is 0.809 bits per heavy atom. The van der Waals surface area contributed by atoms with Crippen molar-refractivity contribution in [1.82, 2.24) is 9.80 Å². The molecule has 6 nitrogen and oxygen atoms in total. The summed E-state index contributed by atoms with van der Waals surface area (Å²) in [7, 11) is 4.10. The lowest BCUT2D eigenvalue weighted by molar-refractivity contribution is 0.0585. The van der Waals surface area contributed by atoms with Crippen molar-refractivity contribution in [3.8, 4) is 11.1 Å². The van der Waals surface area contributed by atoms with E-state index in [0.717, 1.165) is 24.0 Å². The van der Waals surface area contributed by atoms with Crippen LogP contribution in [0.5, 0.6) is 0 Å². The van der Waals surface area contributed by atoms with Gasteiger partial charge < -0.3 is 20.0 Å². The quantitative estimate of drug-likeness (QED) is 0.228. The summed E-state index contributed by atoms with van der Waals surface area (Å²) in [6.07, 6.45) is 2.95. The van der Waals surface area contributed by atoms with Gasteiger partial charge in [0.05, 0.1) is 5.69 Å². The summed E-state index contributed by atoms with van der Waals surface area (Å²) >= 11 is 0. The van der Waals surface area contributed by atoms with E-state index in [1.807, 2.05) is 53.4 Å². The monoisotopic (exact) mass is 656 g/mol. The predicted molar refractivity (Wildman–Crippen MR) is 187 cm³/mol. The van der Waals surface area contributed by atoms with E-state index >= 15 is 8.78 Å². The second-order valence-corrected chi connectivity index (χ2v) is 12.1. The largest absolute Gasteiger partial charge is 0.377 e. The number of anilines is 2. The Balaban J connectivity index is 0.00000433. The minimum atomic E-state index is -3.10. The molecule has 1 saturated heterocycles. The van der Waals surface area contributed by atoms with Gasteiger partial charge in [-0.1, -0.05) is 66.7 Å². The van der Waals surface area contributed by atoms with Crippen LogP contribution in [0.2, 0.25) is 0 Å². The van der Waals surface area contributed by atoms with Crippen molar-refractivity contribution in [2.45, 2.75) is 31.2 Å². The van der Waals surface area contributed by atoms with E-state index in [0.29, 0.717) is 47.2 Å². The molecule has 1 N–H and O–H groups in total. The Kier molecular flexibility index (Phi) is 10.4. The molecular weight excluding hydrogens is 618 g/mol. The molecule has 0 spiro atoms. The minimum Gasteiger partial charge on any atom is -0.377 e. The fourth-order valence-corrected chi connectivity index (χ4v) is 6.33. The highest BCUT2D eigenvalue weighted by Crippen LogP contribution is 2.43. The maximum Gasteiger partial charge on any atom is 0.277 e. The van der Waals surface area contributed by atoms with Crippen molar-refractivity contribution in [3.05, 3.63) is 126 Å². The number of hydrogen-bond donors (Lipinski definition) is 1. The molecule has 4 aromatic carbocycles. The van der Waals surface area contributed by atoms with Gasteiger partial charge in [0, 0.05) is 66.2 Å². The molecule has 2 aliphatic heterocycles. The molecule has 4 aromatic rings. The molecular formula is C38H39ClF2N4O2. The van der Waals surface area contributed by atoms with Crippen molar-refractivity contribution in [2.75, 3.05) is 43.9 Å². The van der Waals surface area contributed by atoms with E-state index < -0.39 is 12.3 Å². The minimum absolute atomic E-state index is 0. The number of halogens is 3. The first kappa shape index (κ1) is 33.8. The molecule has 0 unspecified atom stereocenters. The third-order valence-electron chi connectivity index (χ3n) is 8.96. The predicted octanol–water partition coefficient (Wildman–Crippen LogP) is 8.08. The molecule has 6 rings (SSSR count). The molecule has 47 heavy (non-hydrogen) atoms. The van der Waals surface area contributed by atoms with Crippen LogP contribution in [0, 0.1) is 0 Å². The van der Waals surface area contributed by atoms with Crippen LogP contribution in [0.3, 0.4) is 0 Å². The van der Waals surface area contributed by atoms with Crippen molar-refractivity contribution in [1.29, 1.82) is 0 Å². The third-order valence-corrected chi connectivity index (χ3v) is 8.96. The highest BCUT2D eigenvalue weighted by molar-refractivity contribution is 6.10. The van der Waals surface area contributed by atoms with Crippen LogP contribution in [0.1, 0.15) is 45.5 Å². The molecule has 0 radical (unpaired) electrons. The molecule has 0 bridgehead atoms. The highest BCUT2D eigenvalue weighted by atomic mass is 35.5. The average Bonchev–Trinajstić information content (AvgIpc) is 3.18. The van der Waals surface area contributed by atoms with Gasteiger partial charge in [0.25, 0.3) is 17.7 Å². The van der Waals surface area contributed by atoms with Crippen LogP contribution in [-0.4, -0.2) is 67.3 Å². The normalized spacial score (nSPS) is 17.1. The van der Waals surface area contributed by atoms with E-state index in [1.54, 1.807) is 60.8 Å². The average molecular weight is 657 g/mol. The van der Waals surface area contributed by atoms with E-state index in [9.17, 15) is 9.59 Å². The number of nitrogens with zero attached hydrogens (tertiary/aromatic N) is 3. The number of carbonyl (C=O) groups is 2. The van der Waals surface area contributed by atoms with Gasteiger partial charge in [-0.3, -0.25) is 9.59 Å². The number of para-hydroxylation sites is 1. The number of benzene rings is 4. The summed E-state index contributed by atoms with van der Waals surface area (Å²) < 4.78 is 31.6. The van der Waals surface area contributed by atoms with Crippen LogP contribution in [0.25, 0.3) is 16.7 Å². The summed E-state index contributed by atoms with van der Waals surface area (Å²) in [6, 6.07) is 31.0. The fourth-order valence-electron chi connectivity index (χ4n) is 6.33. The zero-order valence-corrected chi connectivity index (χ0v) is 27.4. The number of likely N-dealkylation sites (tertiary alicyclic amines) is 1. The van der Waals surface area contributed by atoms with Crippen LogP contribution < -0.4 is 10.2 Å². The number of nitrogens with one attached hydrogen (secondary N) is 1. The Morgan fingerprint density at radius 3 is 2.11 bits per heavy atom. The SMILES string of the molecule is CN(C)C1CCN(/C=C2/c3ccccc3N(C(=O)c3ccc(NC(=O)c4ccccc4-c4ccccc4)cc3)CCC2(F)F)CC1.Cl. The van der Waals surface area contributed by atoms with Crippen molar-refractivity contribution in [2.24, 2.45) is 0 Å². The van der Waals surface area contributed by atoms with Crippen molar-refractivity contribution >= 4 is 41.2 Å². The van der Waals surface area contributed by atoms with Gasteiger partial charge in [-0.15, -0.1) is 12.4 Å². The summed E-state index contributed by atoms with van der Waals surface area (Å²) in [5, 5.41) is 2.93. The lowest BCUT2D eigenvalue weighted by Gasteiger charge is -2.35. The zero-order chi connectivity index (χ0) is 32.3. The Labute approximate surface area is 281 Å². The van der Waals surface area contributed by atoms with Gasteiger partial charge in [0.2, 0.25) is 0 Å². The summed E-state index contributed by atoms with van der Waals surface area (Å²) in [6.45, 7) is 1.28. The van der Waals surface area contributed by atoms with Gasteiger partial charge in [0.1, 0.15) is 0 Å². The Hall–Kier alpha value is -4.53. The van der Waals surface area contributed by atoms with Gasteiger partial charge >= 0.3 is 0 Å². The lowest BCUT2D eigenvalue weighted by Crippen LogP contribution is -2.40. The van der Waals surface area contributed by atoms with E-state index in [1.165, 1.54) is 4.90 Å². The van der Waals surface area contributed by atoms with Crippen molar-refractivity contribution < 1.29 is 18.4 Å². The Bertz CT molecular complexity index is 1740. The summed E-state index contributed by atoms with van der Waals surface area (Å²) in [5.74, 6) is -3.75. The summed E-state index contributed by atoms with van der Waals surface area (Å²) in [5.41, 5.74) is 3.94. The highest BCUT2D eigenvalue weighted by Gasteiger charge is 2.41. The van der Waals surface area contributed by atoms with E-state index in [-0.39, 0.29) is 36.3 Å². The molecule has 244 valence electrons. The maximum atomic E-state index is 15.8. The van der Waals surface area contributed by atoms with Crippen LogP contribution in [0.4, 0.5) is 20.2 Å². The molecule has 0 aromatic heterocycles. The number of piperidine rings is 1. The first-order valence-electron chi connectivity index (χ1n) is 15.7. The maximum absolute atomic E-state index is 15.8. The molecule has 0 aliphatic carbocycles.